The second kappa shape index (κ2) is 5.23. The third-order valence-electron chi connectivity index (χ3n) is 4.54. The van der Waals surface area contributed by atoms with Gasteiger partial charge in [-0.3, -0.25) is 4.79 Å². The number of hydrogen-bond donors (Lipinski definition) is 2. The SMILES string of the molecule is CCC(=O)N1CC2(CC2)C[C@H]1C(=O)Nc1ccc(F)c[n+]1O. The van der Waals surface area contributed by atoms with Gasteiger partial charge in [-0.15, -0.1) is 0 Å². The predicted molar refractivity (Wildman–Crippen MR) is 74.5 cm³/mol. The van der Waals surface area contributed by atoms with Gasteiger partial charge in [0.2, 0.25) is 5.91 Å². The number of nitrogens with zero attached hydrogens (tertiary/aromatic N) is 2. The largest absolute Gasteiger partial charge is 0.350 e. The Hall–Kier alpha value is -2.18. The molecule has 2 heterocycles. The second-order valence-corrected chi connectivity index (χ2v) is 6.16. The van der Waals surface area contributed by atoms with Crippen molar-refractivity contribution in [2.75, 3.05) is 11.9 Å². The van der Waals surface area contributed by atoms with Gasteiger partial charge in [0, 0.05) is 19.0 Å². The summed E-state index contributed by atoms with van der Waals surface area (Å²) >= 11 is 0. The van der Waals surface area contributed by atoms with E-state index in [1.54, 1.807) is 11.8 Å². The molecule has 22 heavy (non-hydrogen) atoms. The quantitative estimate of drug-likeness (QED) is 0.648. The summed E-state index contributed by atoms with van der Waals surface area (Å²) in [7, 11) is 0. The van der Waals surface area contributed by atoms with Crippen molar-refractivity contribution < 1.29 is 23.9 Å². The molecule has 0 bridgehead atoms. The molecule has 0 aromatic carbocycles. The van der Waals surface area contributed by atoms with Crippen LogP contribution in [-0.4, -0.2) is 34.5 Å². The van der Waals surface area contributed by atoms with Gasteiger partial charge in [-0.2, -0.15) is 0 Å². The molecule has 1 aromatic rings. The van der Waals surface area contributed by atoms with Crippen molar-refractivity contribution in [3.8, 4) is 0 Å². The number of likely N-dealkylation sites (tertiary alicyclic amines) is 1. The lowest BCUT2D eigenvalue weighted by atomic mass is 10.0. The van der Waals surface area contributed by atoms with Crippen molar-refractivity contribution in [3.63, 3.8) is 0 Å². The topological polar surface area (TPSA) is 73.5 Å². The molecule has 2 aliphatic rings. The van der Waals surface area contributed by atoms with Gasteiger partial charge >= 0.3 is 11.7 Å². The average molecular weight is 308 g/mol. The number of hydrogen-bond acceptors (Lipinski definition) is 3. The fourth-order valence-corrected chi connectivity index (χ4v) is 3.07. The molecule has 3 rings (SSSR count). The van der Waals surface area contributed by atoms with Gasteiger partial charge in [-0.05, 0) is 35.5 Å². The molecule has 118 valence electrons. The molecule has 2 fully saturated rings. The Balaban J connectivity index is 1.76. The maximum Gasteiger partial charge on any atom is 0.330 e. The number of anilines is 1. The zero-order chi connectivity index (χ0) is 15.9. The van der Waals surface area contributed by atoms with E-state index in [4.69, 9.17) is 0 Å². The van der Waals surface area contributed by atoms with E-state index in [2.05, 4.69) is 5.32 Å². The number of rotatable bonds is 3. The number of nitrogens with one attached hydrogen (secondary N) is 1. The first kappa shape index (κ1) is 14.7. The molecule has 1 saturated carbocycles. The average Bonchev–Trinajstić information content (AvgIpc) is 3.12. The number of halogens is 1. The van der Waals surface area contributed by atoms with Crippen LogP contribution in [0.4, 0.5) is 10.2 Å². The zero-order valence-corrected chi connectivity index (χ0v) is 12.4. The zero-order valence-electron chi connectivity index (χ0n) is 12.4. The minimum absolute atomic E-state index is 0.0418. The normalized spacial score (nSPS) is 21.9. The summed E-state index contributed by atoms with van der Waals surface area (Å²) in [5.41, 5.74) is 0.102. The molecule has 2 amide bonds. The lowest BCUT2D eigenvalue weighted by Crippen LogP contribution is -2.45. The molecule has 1 saturated heterocycles. The lowest BCUT2D eigenvalue weighted by molar-refractivity contribution is -0.894. The summed E-state index contributed by atoms with van der Waals surface area (Å²) in [4.78, 5) is 26.2. The van der Waals surface area contributed by atoms with Gasteiger partial charge in [0.15, 0.2) is 12.0 Å². The van der Waals surface area contributed by atoms with Crippen molar-refractivity contribution >= 4 is 17.6 Å². The Morgan fingerprint density at radius 3 is 2.82 bits per heavy atom. The van der Waals surface area contributed by atoms with E-state index in [-0.39, 0.29) is 23.0 Å². The molecule has 7 heteroatoms. The van der Waals surface area contributed by atoms with E-state index in [1.165, 1.54) is 6.07 Å². The molecular formula is C15H19FN3O3+. The monoisotopic (exact) mass is 308 g/mol. The van der Waals surface area contributed by atoms with Crippen LogP contribution >= 0.6 is 0 Å². The van der Waals surface area contributed by atoms with Crippen LogP contribution in [0.3, 0.4) is 0 Å². The number of carbonyl (C=O) groups excluding carboxylic acids is 2. The summed E-state index contributed by atoms with van der Waals surface area (Å²) in [5.74, 6) is -0.923. The van der Waals surface area contributed by atoms with Gasteiger partial charge in [0.05, 0.1) is 0 Å². The highest BCUT2D eigenvalue weighted by Gasteiger charge is 2.55. The number of amides is 2. The van der Waals surface area contributed by atoms with Gasteiger partial charge in [0.25, 0.3) is 0 Å². The van der Waals surface area contributed by atoms with Crippen molar-refractivity contribution in [1.82, 2.24) is 4.90 Å². The lowest BCUT2D eigenvalue weighted by Gasteiger charge is -2.21. The third kappa shape index (κ3) is 2.63. The van der Waals surface area contributed by atoms with E-state index < -0.39 is 11.9 Å². The standard InChI is InChI=1S/C15H18FN3O3/c1-2-13(20)18-9-15(5-6-15)7-11(18)14(21)17-12-4-3-10(16)8-19(12)22/h3-4,8,11,22H,2,5-7,9H2,1H3/p+1/t11-/m0/s1. The molecule has 1 spiro atoms. The first-order valence-corrected chi connectivity index (χ1v) is 7.45. The molecule has 1 aromatic heterocycles. The summed E-state index contributed by atoms with van der Waals surface area (Å²) in [5, 5.41) is 12.2. The minimum atomic E-state index is -0.610. The number of carbonyl (C=O) groups is 2. The van der Waals surface area contributed by atoms with Crippen molar-refractivity contribution in [1.29, 1.82) is 0 Å². The second-order valence-electron chi connectivity index (χ2n) is 6.16. The summed E-state index contributed by atoms with van der Waals surface area (Å²) in [6.45, 7) is 2.40. The van der Waals surface area contributed by atoms with Crippen molar-refractivity contribution in [3.05, 3.63) is 24.1 Å². The highest BCUT2D eigenvalue weighted by molar-refractivity contribution is 5.96. The predicted octanol–water partition coefficient (Wildman–Crippen LogP) is 1.08. The molecule has 2 N–H and O–H groups in total. The van der Waals surface area contributed by atoms with Crippen LogP contribution < -0.4 is 10.0 Å². The van der Waals surface area contributed by atoms with Crippen LogP contribution in [0, 0.1) is 11.2 Å². The van der Waals surface area contributed by atoms with Gasteiger partial charge in [-0.25, -0.2) is 14.5 Å². The Morgan fingerprint density at radius 1 is 1.50 bits per heavy atom. The van der Waals surface area contributed by atoms with Gasteiger partial charge in [0.1, 0.15) is 6.04 Å². The highest BCUT2D eigenvalue weighted by Crippen LogP contribution is 2.54. The fourth-order valence-electron chi connectivity index (χ4n) is 3.07. The summed E-state index contributed by atoms with van der Waals surface area (Å²) in [6.07, 6.45) is 3.96. The van der Waals surface area contributed by atoms with Crippen LogP contribution in [0.15, 0.2) is 18.3 Å². The minimum Gasteiger partial charge on any atom is -0.350 e. The molecule has 1 aliphatic carbocycles. The smallest absolute Gasteiger partial charge is 0.330 e. The number of aromatic nitrogens is 1. The fraction of sp³-hybridized carbons (Fsp3) is 0.533. The molecule has 0 radical (unpaired) electrons. The van der Waals surface area contributed by atoms with E-state index in [0.717, 1.165) is 25.1 Å². The van der Waals surface area contributed by atoms with E-state index in [9.17, 15) is 19.2 Å². The molecule has 1 atom stereocenters. The Morgan fingerprint density at radius 2 is 2.23 bits per heavy atom. The first-order valence-electron chi connectivity index (χ1n) is 7.45. The van der Waals surface area contributed by atoms with Gasteiger partial charge < -0.3 is 10.1 Å². The van der Waals surface area contributed by atoms with Crippen LogP contribution in [-0.2, 0) is 9.59 Å². The van der Waals surface area contributed by atoms with Crippen molar-refractivity contribution in [2.24, 2.45) is 5.41 Å². The third-order valence-corrected chi connectivity index (χ3v) is 4.54. The Labute approximate surface area is 127 Å². The number of pyridine rings is 1. The Kier molecular flexibility index (Phi) is 3.50. The van der Waals surface area contributed by atoms with E-state index in [1.807, 2.05) is 0 Å². The van der Waals surface area contributed by atoms with Crippen LogP contribution in [0.5, 0.6) is 0 Å². The Bertz CT molecular complexity index is 630. The molecule has 6 nitrogen and oxygen atoms in total. The maximum absolute atomic E-state index is 13.0. The molecular weight excluding hydrogens is 289 g/mol. The van der Waals surface area contributed by atoms with E-state index >= 15 is 0 Å². The molecule has 0 unspecified atom stereocenters. The van der Waals surface area contributed by atoms with Crippen LogP contribution in [0.25, 0.3) is 0 Å². The highest BCUT2D eigenvalue weighted by atomic mass is 19.1. The summed E-state index contributed by atoms with van der Waals surface area (Å²) in [6, 6.07) is 1.90. The van der Waals surface area contributed by atoms with Crippen LogP contribution in [0.2, 0.25) is 0 Å². The van der Waals surface area contributed by atoms with Crippen molar-refractivity contribution in [2.45, 2.75) is 38.6 Å². The first-order chi connectivity index (χ1) is 10.4. The van der Waals surface area contributed by atoms with Crippen LogP contribution in [0.1, 0.15) is 32.6 Å². The van der Waals surface area contributed by atoms with Gasteiger partial charge in [-0.1, -0.05) is 6.92 Å². The summed E-state index contributed by atoms with van der Waals surface area (Å²) < 4.78 is 13.5. The van der Waals surface area contributed by atoms with E-state index in [0.29, 0.717) is 24.1 Å². The maximum atomic E-state index is 13.0. The molecule has 1 aliphatic heterocycles.